The summed E-state index contributed by atoms with van der Waals surface area (Å²) in [6, 6.07) is 15.0. The van der Waals surface area contributed by atoms with E-state index in [1.54, 1.807) is 25.1 Å². The van der Waals surface area contributed by atoms with Crippen molar-refractivity contribution in [2.24, 2.45) is 0 Å². The topological polar surface area (TPSA) is 72.5 Å². The first-order valence-corrected chi connectivity index (χ1v) is 9.88. The van der Waals surface area contributed by atoms with Crippen LogP contribution in [0, 0.1) is 6.92 Å². The van der Waals surface area contributed by atoms with E-state index in [2.05, 4.69) is 4.72 Å². The van der Waals surface area contributed by atoms with Gasteiger partial charge in [0.15, 0.2) is 0 Å². The second-order valence-corrected chi connectivity index (χ2v) is 7.50. The molecule has 0 aliphatic carbocycles. The standard InChI is InChI=1S/C20H23NO4S/c1-3-25-20(22)19(11-7-10-17-8-5-4-6-9-17)21-26(23,24)18-14-12-16(2)13-15-18/h4-10,12-15,19,21H,3,11H2,1-2H3/b10-7+/t19-/m0/s1. The molecule has 2 aromatic carbocycles. The Bertz CT molecular complexity index is 843. The van der Waals surface area contributed by atoms with Crippen molar-refractivity contribution in [3.8, 4) is 0 Å². The Morgan fingerprint density at radius 1 is 1.12 bits per heavy atom. The van der Waals surface area contributed by atoms with E-state index < -0.39 is 22.0 Å². The SMILES string of the molecule is CCOC(=O)[C@H](C/C=C/c1ccccc1)NS(=O)(=O)c1ccc(C)cc1. The van der Waals surface area contributed by atoms with Crippen LogP contribution in [0.5, 0.6) is 0 Å². The summed E-state index contributed by atoms with van der Waals surface area (Å²) in [5.41, 5.74) is 1.92. The lowest BCUT2D eigenvalue weighted by atomic mass is 10.1. The van der Waals surface area contributed by atoms with Crippen molar-refractivity contribution >= 4 is 22.1 Å². The molecule has 0 aliphatic rings. The molecule has 0 aliphatic heterocycles. The van der Waals surface area contributed by atoms with Gasteiger partial charge in [-0.1, -0.05) is 60.2 Å². The van der Waals surface area contributed by atoms with Crippen LogP contribution < -0.4 is 4.72 Å². The molecule has 0 radical (unpaired) electrons. The maximum absolute atomic E-state index is 12.6. The van der Waals surface area contributed by atoms with Crippen molar-refractivity contribution in [3.63, 3.8) is 0 Å². The van der Waals surface area contributed by atoms with E-state index in [4.69, 9.17) is 4.74 Å². The predicted molar refractivity (Wildman–Crippen MR) is 102 cm³/mol. The number of benzene rings is 2. The smallest absolute Gasteiger partial charge is 0.324 e. The molecule has 6 heteroatoms. The molecule has 0 fully saturated rings. The molecule has 0 amide bonds. The van der Waals surface area contributed by atoms with E-state index in [9.17, 15) is 13.2 Å². The molecule has 0 aromatic heterocycles. The molecule has 26 heavy (non-hydrogen) atoms. The maximum Gasteiger partial charge on any atom is 0.324 e. The summed E-state index contributed by atoms with van der Waals surface area (Å²) in [6.07, 6.45) is 3.79. The van der Waals surface area contributed by atoms with Crippen LogP contribution in [0.25, 0.3) is 6.08 Å². The summed E-state index contributed by atoms with van der Waals surface area (Å²) in [7, 11) is -3.82. The quantitative estimate of drug-likeness (QED) is 0.721. The monoisotopic (exact) mass is 373 g/mol. The Morgan fingerprint density at radius 2 is 1.77 bits per heavy atom. The van der Waals surface area contributed by atoms with E-state index in [0.717, 1.165) is 11.1 Å². The molecule has 138 valence electrons. The molecular weight excluding hydrogens is 350 g/mol. The highest BCUT2D eigenvalue weighted by atomic mass is 32.2. The molecule has 0 unspecified atom stereocenters. The minimum atomic E-state index is -3.82. The second-order valence-electron chi connectivity index (χ2n) is 5.79. The Balaban J connectivity index is 2.15. The lowest BCUT2D eigenvalue weighted by molar-refractivity contribution is -0.145. The highest BCUT2D eigenvalue weighted by Gasteiger charge is 2.25. The molecule has 2 rings (SSSR count). The number of nitrogens with one attached hydrogen (secondary N) is 1. The van der Waals surface area contributed by atoms with Gasteiger partial charge in [-0.3, -0.25) is 4.79 Å². The molecule has 0 saturated heterocycles. The highest BCUT2D eigenvalue weighted by Crippen LogP contribution is 2.12. The average Bonchev–Trinajstić information content (AvgIpc) is 2.62. The summed E-state index contributed by atoms with van der Waals surface area (Å²) in [6.45, 7) is 3.74. The van der Waals surface area contributed by atoms with Crippen molar-refractivity contribution in [2.75, 3.05) is 6.61 Å². The van der Waals surface area contributed by atoms with Crippen LogP contribution in [0.15, 0.2) is 65.6 Å². The number of aryl methyl sites for hydroxylation is 1. The highest BCUT2D eigenvalue weighted by molar-refractivity contribution is 7.89. The van der Waals surface area contributed by atoms with Gasteiger partial charge in [-0.15, -0.1) is 0 Å². The maximum atomic E-state index is 12.6. The number of carbonyl (C=O) groups is 1. The van der Waals surface area contributed by atoms with Gasteiger partial charge in [-0.2, -0.15) is 4.72 Å². The zero-order chi connectivity index (χ0) is 19.0. The average molecular weight is 373 g/mol. The zero-order valence-corrected chi connectivity index (χ0v) is 15.7. The number of sulfonamides is 1. The first-order chi connectivity index (χ1) is 12.4. The molecule has 1 N–H and O–H groups in total. The van der Waals surface area contributed by atoms with Crippen LogP contribution in [0.4, 0.5) is 0 Å². The second kappa shape index (κ2) is 9.31. The fraction of sp³-hybridized carbons (Fsp3) is 0.250. The fourth-order valence-electron chi connectivity index (χ4n) is 2.31. The van der Waals surface area contributed by atoms with Gasteiger partial charge in [-0.25, -0.2) is 8.42 Å². The number of rotatable bonds is 8. The van der Waals surface area contributed by atoms with Crippen LogP contribution in [0.1, 0.15) is 24.5 Å². The van der Waals surface area contributed by atoms with Gasteiger partial charge < -0.3 is 4.74 Å². The molecular formula is C20H23NO4S. The van der Waals surface area contributed by atoms with Crippen LogP contribution >= 0.6 is 0 Å². The third-order valence-electron chi connectivity index (χ3n) is 3.68. The Labute approximate surface area is 154 Å². The van der Waals surface area contributed by atoms with Crippen molar-refractivity contribution in [2.45, 2.75) is 31.2 Å². The Kier molecular flexibility index (Phi) is 7.12. The molecule has 2 aromatic rings. The molecule has 0 saturated carbocycles. The van der Waals surface area contributed by atoms with Crippen LogP contribution in [0.2, 0.25) is 0 Å². The van der Waals surface area contributed by atoms with E-state index in [1.807, 2.05) is 43.3 Å². The summed E-state index contributed by atoms with van der Waals surface area (Å²) in [5, 5.41) is 0. The number of carbonyl (C=O) groups excluding carboxylic acids is 1. The van der Waals surface area contributed by atoms with Crippen LogP contribution in [-0.4, -0.2) is 27.0 Å². The third kappa shape index (κ3) is 5.82. The van der Waals surface area contributed by atoms with E-state index in [1.165, 1.54) is 12.1 Å². The Hall–Kier alpha value is -2.44. The molecule has 1 atom stereocenters. The molecule has 0 bridgehead atoms. The Morgan fingerprint density at radius 3 is 2.38 bits per heavy atom. The van der Waals surface area contributed by atoms with Crippen molar-refractivity contribution in [3.05, 3.63) is 71.8 Å². The fourth-order valence-corrected chi connectivity index (χ4v) is 3.51. The number of ether oxygens (including phenoxy) is 1. The third-order valence-corrected chi connectivity index (χ3v) is 5.17. The summed E-state index contributed by atoms with van der Waals surface area (Å²) >= 11 is 0. The van der Waals surface area contributed by atoms with Gasteiger partial charge in [0.2, 0.25) is 10.0 Å². The zero-order valence-electron chi connectivity index (χ0n) is 14.9. The van der Waals surface area contributed by atoms with E-state index in [0.29, 0.717) is 0 Å². The van der Waals surface area contributed by atoms with Crippen molar-refractivity contribution in [1.29, 1.82) is 0 Å². The van der Waals surface area contributed by atoms with E-state index >= 15 is 0 Å². The number of hydrogen-bond acceptors (Lipinski definition) is 4. The lowest BCUT2D eigenvalue weighted by Gasteiger charge is -2.16. The van der Waals surface area contributed by atoms with Crippen molar-refractivity contribution < 1.29 is 17.9 Å². The minimum absolute atomic E-state index is 0.115. The predicted octanol–water partition coefficient (Wildman–Crippen LogP) is 3.31. The summed E-state index contributed by atoms with van der Waals surface area (Å²) in [5.74, 6) is -0.596. The first kappa shape index (κ1) is 19.9. The van der Waals surface area contributed by atoms with Crippen LogP contribution in [0.3, 0.4) is 0 Å². The molecule has 5 nitrogen and oxygen atoms in total. The van der Waals surface area contributed by atoms with Crippen LogP contribution in [-0.2, 0) is 19.6 Å². The minimum Gasteiger partial charge on any atom is -0.465 e. The van der Waals surface area contributed by atoms with Gasteiger partial charge in [0.25, 0.3) is 0 Å². The van der Waals surface area contributed by atoms with Crippen molar-refractivity contribution in [1.82, 2.24) is 4.72 Å². The lowest BCUT2D eigenvalue weighted by Crippen LogP contribution is -2.41. The normalized spacial score (nSPS) is 12.8. The number of esters is 1. The van der Waals surface area contributed by atoms with Gasteiger partial charge in [0.1, 0.15) is 6.04 Å². The molecule has 0 heterocycles. The first-order valence-electron chi connectivity index (χ1n) is 8.39. The van der Waals surface area contributed by atoms with E-state index in [-0.39, 0.29) is 17.9 Å². The summed E-state index contributed by atoms with van der Waals surface area (Å²) in [4.78, 5) is 12.3. The van der Waals surface area contributed by atoms with Gasteiger partial charge in [-0.05, 0) is 38.0 Å². The van der Waals surface area contributed by atoms with Gasteiger partial charge in [0.05, 0.1) is 11.5 Å². The molecule has 0 spiro atoms. The largest absolute Gasteiger partial charge is 0.465 e. The summed E-state index contributed by atoms with van der Waals surface area (Å²) < 4.78 is 32.6. The van der Waals surface area contributed by atoms with Gasteiger partial charge >= 0.3 is 5.97 Å². The number of hydrogen-bond donors (Lipinski definition) is 1. The van der Waals surface area contributed by atoms with Gasteiger partial charge in [0, 0.05) is 0 Å².